The lowest BCUT2D eigenvalue weighted by Gasteiger charge is -2.21. The van der Waals surface area contributed by atoms with Crippen molar-refractivity contribution in [3.05, 3.63) is 0 Å². The molecule has 1 saturated heterocycles. The largest absolute Gasteiger partial charge is 0.325 e. The normalized spacial score (nSPS) is 34.3. The van der Waals surface area contributed by atoms with Crippen LogP contribution < -0.4 is 4.90 Å². The minimum absolute atomic E-state index is 0.147. The summed E-state index contributed by atoms with van der Waals surface area (Å²) in [4.78, 5) is 1.62. The molecular formula is C12H18Cl2N+. The number of hydrogen-bond donors (Lipinski definition) is 1. The van der Waals surface area contributed by atoms with E-state index in [9.17, 15) is 0 Å². The number of nitrogens with one attached hydrogen (secondary N) is 1. The van der Waals surface area contributed by atoms with Crippen LogP contribution in [-0.4, -0.2) is 24.0 Å². The van der Waals surface area contributed by atoms with Gasteiger partial charge in [0.15, 0.2) is 0 Å². The Morgan fingerprint density at radius 1 is 1.20 bits per heavy atom. The van der Waals surface area contributed by atoms with Crippen molar-refractivity contribution in [2.75, 3.05) is 19.6 Å². The van der Waals surface area contributed by atoms with Crippen LogP contribution in [0.1, 0.15) is 32.6 Å². The Labute approximate surface area is 102 Å². The second kappa shape index (κ2) is 4.17. The molecule has 0 aromatic heterocycles. The summed E-state index contributed by atoms with van der Waals surface area (Å²) in [5, 5.41) is 0. The summed E-state index contributed by atoms with van der Waals surface area (Å²) in [7, 11) is 0. The number of rotatable bonds is 1. The first-order chi connectivity index (χ1) is 7.04. The Morgan fingerprint density at radius 2 is 1.80 bits per heavy atom. The van der Waals surface area contributed by atoms with Crippen LogP contribution in [0.5, 0.6) is 0 Å². The van der Waals surface area contributed by atoms with Crippen molar-refractivity contribution in [2.45, 2.75) is 36.9 Å². The molecule has 0 radical (unpaired) electrons. The topological polar surface area (TPSA) is 4.44 Å². The van der Waals surface area contributed by atoms with Crippen LogP contribution in [-0.2, 0) is 0 Å². The lowest BCUT2D eigenvalue weighted by Crippen LogP contribution is -3.12. The van der Waals surface area contributed by atoms with E-state index in [1.807, 2.05) is 6.92 Å². The van der Waals surface area contributed by atoms with E-state index in [1.165, 1.54) is 32.4 Å². The van der Waals surface area contributed by atoms with Gasteiger partial charge in [0, 0.05) is 6.42 Å². The van der Waals surface area contributed by atoms with Crippen molar-refractivity contribution in [1.29, 1.82) is 0 Å². The van der Waals surface area contributed by atoms with E-state index >= 15 is 0 Å². The van der Waals surface area contributed by atoms with E-state index in [0.29, 0.717) is 0 Å². The lowest BCUT2D eigenvalue weighted by molar-refractivity contribution is -0.897. The van der Waals surface area contributed by atoms with Gasteiger partial charge < -0.3 is 4.90 Å². The molecule has 0 aromatic rings. The molecule has 1 nitrogen and oxygen atoms in total. The average Bonchev–Trinajstić information content (AvgIpc) is 2.67. The molecule has 15 heavy (non-hydrogen) atoms. The predicted molar refractivity (Wildman–Crippen MR) is 64.4 cm³/mol. The van der Waals surface area contributed by atoms with Gasteiger partial charge in [-0.3, -0.25) is 0 Å². The van der Waals surface area contributed by atoms with Crippen molar-refractivity contribution in [1.82, 2.24) is 0 Å². The molecule has 0 spiro atoms. The van der Waals surface area contributed by atoms with E-state index in [-0.39, 0.29) is 5.41 Å². The van der Waals surface area contributed by atoms with E-state index < -0.39 is 4.33 Å². The number of likely N-dealkylation sites (tertiary alicyclic amines) is 1. The van der Waals surface area contributed by atoms with E-state index in [4.69, 9.17) is 23.2 Å². The fraction of sp³-hybridized carbons (Fsp3) is 0.833. The van der Waals surface area contributed by atoms with Gasteiger partial charge in [0.1, 0.15) is 10.9 Å². The number of hydrogen-bond acceptors (Lipinski definition) is 0. The van der Waals surface area contributed by atoms with Gasteiger partial charge in [-0.1, -0.05) is 29.1 Å². The highest BCUT2D eigenvalue weighted by Crippen LogP contribution is 2.63. The van der Waals surface area contributed by atoms with Crippen LogP contribution in [0, 0.1) is 17.3 Å². The molecule has 1 atom stereocenters. The van der Waals surface area contributed by atoms with Crippen LogP contribution in [0.15, 0.2) is 0 Å². The Bertz CT molecular complexity index is 296. The molecule has 2 aliphatic rings. The Balaban J connectivity index is 1.80. The first kappa shape index (κ1) is 11.6. The fourth-order valence-electron chi connectivity index (χ4n) is 2.13. The summed E-state index contributed by atoms with van der Waals surface area (Å²) in [6.07, 6.45) is 4.90. The Kier molecular flexibility index (Phi) is 3.22. The molecule has 2 fully saturated rings. The summed E-state index contributed by atoms with van der Waals surface area (Å²) in [6, 6.07) is 0. The standard InChI is InChI=1S/C12H17Cl2N/c1-11(10-12(11,13)14)6-5-9-15-7-3-2-4-8-15/h2-4,7-10H2,1H3/p+1/t11-/m1/s1. The van der Waals surface area contributed by atoms with Gasteiger partial charge in [-0.15, -0.1) is 0 Å². The summed E-state index contributed by atoms with van der Waals surface area (Å²) >= 11 is 12.1. The molecular weight excluding hydrogens is 229 g/mol. The Hall–Kier alpha value is 0.100. The zero-order valence-corrected chi connectivity index (χ0v) is 10.7. The van der Waals surface area contributed by atoms with Crippen LogP contribution in [0.4, 0.5) is 0 Å². The number of piperidine rings is 1. The van der Waals surface area contributed by atoms with Gasteiger partial charge in [0.05, 0.1) is 18.5 Å². The van der Waals surface area contributed by atoms with Crippen molar-refractivity contribution in [2.24, 2.45) is 5.41 Å². The minimum Gasteiger partial charge on any atom is -0.325 e. The summed E-state index contributed by atoms with van der Waals surface area (Å²) in [6.45, 7) is 5.56. The van der Waals surface area contributed by atoms with Crippen molar-refractivity contribution in [3.63, 3.8) is 0 Å². The van der Waals surface area contributed by atoms with Crippen LogP contribution >= 0.6 is 23.2 Å². The molecule has 0 amide bonds. The van der Waals surface area contributed by atoms with Gasteiger partial charge >= 0.3 is 0 Å². The third kappa shape index (κ3) is 2.61. The fourth-order valence-corrected chi connectivity index (χ4v) is 2.76. The van der Waals surface area contributed by atoms with Gasteiger partial charge in [-0.05, 0) is 32.1 Å². The zero-order valence-electron chi connectivity index (χ0n) is 9.21. The Morgan fingerprint density at radius 3 is 2.33 bits per heavy atom. The van der Waals surface area contributed by atoms with Gasteiger partial charge in [0.2, 0.25) is 0 Å². The molecule has 3 heteroatoms. The second-order valence-corrected chi connectivity index (χ2v) is 6.49. The maximum atomic E-state index is 6.03. The third-order valence-electron chi connectivity index (χ3n) is 3.52. The molecule has 1 saturated carbocycles. The van der Waals surface area contributed by atoms with Crippen molar-refractivity contribution >= 4 is 23.2 Å². The molecule has 2 rings (SSSR count). The van der Waals surface area contributed by atoms with Crippen molar-refractivity contribution in [3.8, 4) is 11.8 Å². The molecule has 0 aromatic carbocycles. The van der Waals surface area contributed by atoms with Crippen LogP contribution in [0.2, 0.25) is 0 Å². The molecule has 1 aliphatic carbocycles. The van der Waals surface area contributed by atoms with Crippen molar-refractivity contribution < 1.29 is 4.90 Å². The zero-order chi connectivity index (χ0) is 10.9. The van der Waals surface area contributed by atoms with Gasteiger partial charge in [-0.25, -0.2) is 0 Å². The smallest absolute Gasteiger partial charge is 0.139 e. The molecule has 1 aliphatic heterocycles. The second-order valence-electron chi connectivity index (χ2n) is 5.00. The number of alkyl halides is 2. The molecule has 0 bridgehead atoms. The van der Waals surface area contributed by atoms with E-state index in [2.05, 4.69) is 11.8 Å². The molecule has 1 N–H and O–H groups in total. The average molecular weight is 247 g/mol. The quantitative estimate of drug-likeness (QED) is 0.530. The first-order valence-electron chi connectivity index (χ1n) is 5.75. The SMILES string of the molecule is C[C@@]1(C#CC[NH+]2CCCCC2)CC1(Cl)Cl. The molecule has 84 valence electrons. The van der Waals surface area contributed by atoms with Crippen LogP contribution in [0.25, 0.3) is 0 Å². The van der Waals surface area contributed by atoms with E-state index in [0.717, 1.165) is 13.0 Å². The summed E-state index contributed by atoms with van der Waals surface area (Å²) in [5.74, 6) is 6.49. The monoisotopic (exact) mass is 246 g/mol. The molecule has 1 heterocycles. The summed E-state index contributed by atoms with van der Waals surface area (Å²) in [5.41, 5.74) is -0.147. The predicted octanol–water partition coefficient (Wildman–Crippen LogP) is 1.64. The number of halogens is 2. The maximum Gasteiger partial charge on any atom is 0.139 e. The van der Waals surface area contributed by atoms with Crippen LogP contribution in [0.3, 0.4) is 0 Å². The number of quaternary nitrogens is 1. The highest BCUT2D eigenvalue weighted by molar-refractivity contribution is 6.51. The lowest BCUT2D eigenvalue weighted by atomic mass is 10.1. The molecule has 0 unspecified atom stereocenters. The maximum absolute atomic E-state index is 6.03. The summed E-state index contributed by atoms with van der Waals surface area (Å²) < 4.78 is -0.586. The van der Waals surface area contributed by atoms with Gasteiger partial charge in [-0.2, -0.15) is 0 Å². The highest BCUT2D eigenvalue weighted by Gasteiger charge is 2.62. The third-order valence-corrected chi connectivity index (χ3v) is 4.62. The first-order valence-corrected chi connectivity index (χ1v) is 6.51. The minimum atomic E-state index is -0.586. The van der Waals surface area contributed by atoms with E-state index in [1.54, 1.807) is 4.90 Å². The van der Waals surface area contributed by atoms with Gasteiger partial charge in [0.25, 0.3) is 0 Å². The highest BCUT2D eigenvalue weighted by atomic mass is 35.5.